The molecule has 6 amide bonds. The van der Waals surface area contributed by atoms with Crippen LogP contribution < -0.4 is 26.4 Å². The molecule has 19 heteroatoms. The molecular weight excluding hydrogens is 817 g/mol. The third kappa shape index (κ3) is 8.69. The lowest BCUT2D eigenvalue weighted by molar-refractivity contribution is -0.138. The molecule has 2 aromatic carbocycles. The summed E-state index contributed by atoms with van der Waals surface area (Å²) < 4.78 is 57.8. The number of unbranched alkanes of at least 4 members (excludes halogenated alkanes) is 1. The fourth-order valence-corrected chi connectivity index (χ4v) is 8.17. The van der Waals surface area contributed by atoms with E-state index in [4.69, 9.17) is 0 Å². The predicted octanol–water partition coefficient (Wildman–Crippen LogP) is 4.74. The molecule has 2 atom stereocenters. The number of aromatic amines is 1. The highest BCUT2D eigenvalue weighted by molar-refractivity contribution is 6.25. The van der Waals surface area contributed by atoms with Gasteiger partial charge in [-0.2, -0.15) is 13.2 Å². The van der Waals surface area contributed by atoms with E-state index in [-0.39, 0.29) is 85.3 Å². The molecule has 0 radical (unpaired) electrons. The number of amides is 6. The number of hydrogen-bond donors (Lipinski definition) is 4. The maximum atomic E-state index is 16.1. The Morgan fingerprint density at radius 3 is 2.45 bits per heavy atom. The van der Waals surface area contributed by atoms with Gasteiger partial charge in [0, 0.05) is 81.3 Å². The van der Waals surface area contributed by atoms with Gasteiger partial charge in [-0.3, -0.25) is 43.8 Å². The highest BCUT2D eigenvalue weighted by Gasteiger charge is 2.45. The normalized spacial score (nSPS) is 19.4. The molecule has 3 aromatic rings. The molecular formula is C43H44F4N8O7. The van der Waals surface area contributed by atoms with Gasteiger partial charge in [0.1, 0.15) is 11.9 Å². The van der Waals surface area contributed by atoms with E-state index in [0.29, 0.717) is 55.2 Å². The lowest BCUT2D eigenvalue weighted by Gasteiger charge is -2.42. The number of imide groups is 2. The Balaban J connectivity index is 0.995. The van der Waals surface area contributed by atoms with Gasteiger partial charge in [0.05, 0.1) is 40.2 Å². The molecule has 326 valence electrons. The molecule has 4 aliphatic rings. The van der Waals surface area contributed by atoms with Crippen molar-refractivity contribution in [1.82, 2.24) is 25.0 Å². The number of nitrogens with one attached hydrogen (secondary N) is 4. The number of H-pyrrole nitrogens is 1. The van der Waals surface area contributed by atoms with Crippen LogP contribution in [0.1, 0.15) is 87.6 Å². The number of anilines is 3. The molecule has 0 saturated carbocycles. The molecule has 0 aliphatic carbocycles. The fourth-order valence-electron chi connectivity index (χ4n) is 8.17. The summed E-state index contributed by atoms with van der Waals surface area (Å²) >= 11 is 0. The van der Waals surface area contributed by atoms with Crippen molar-refractivity contribution < 1.29 is 46.3 Å². The van der Waals surface area contributed by atoms with E-state index in [0.717, 1.165) is 4.90 Å². The third-order valence-corrected chi connectivity index (χ3v) is 11.7. The van der Waals surface area contributed by atoms with Crippen LogP contribution in [0, 0.1) is 5.82 Å². The Morgan fingerprint density at radius 2 is 1.76 bits per heavy atom. The molecule has 1 unspecified atom stereocenters. The molecule has 0 bridgehead atoms. The van der Waals surface area contributed by atoms with Gasteiger partial charge in [0.25, 0.3) is 17.7 Å². The number of fused-ring (bicyclic) bond motifs is 1. The smallest absolute Gasteiger partial charge is 0.384 e. The Morgan fingerprint density at radius 1 is 0.984 bits per heavy atom. The van der Waals surface area contributed by atoms with E-state index in [1.54, 1.807) is 28.0 Å². The van der Waals surface area contributed by atoms with E-state index < -0.39 is 64.3 Å². The van der Waals surface area contributed by atoms with Crippen LogP contribution >= 0.6 is 0 Å². The first-order valence-electron chi connectivity index (χ1n) is 20.1. The maximum Gasteiger partial charge on any atom is 0.417 e. The van der Waals surface area contributed by atoms with Crippen molar-refractivity contribution in [1.29, 1.82) is 0 Å². The van der Waals surface area contributed by atoms with Crippen molar-refractivity contribution in [3.05, 3.63) is 105 Å². The number of piperazine rings is 1. The van der Waals surface area contributed by atoms with Crippen molar-refractivity contribution >= 4 is 58.1 Å². The van der Waals surface area contributed by atoms with Crippen molar-refractivity contribution in [2.75, 3.05) is 55.3 Å². The standard InChI is InChI=1S/C43H44F4N8O7/c1-23-21-54(22-24(2)52(23)3)34-19-30(44)27(17-32(34)50-39(59)28-20-49-36(57)18-29(28)43(45,46)47)25-12-15-53(16-13-25)37(58)9-4-5-14-48-31-8-6-7-26-38(31)42(62)55(41(26)61)33-10-11-35(56)51-40(33)60/h6-8,12,17-20,24,33,48H,1,4-5,9-11,13-16,21-22H2,2-3H3,(H,49,57)(H,50,59)(H,51,56,60)/t24-,33?/m0/s1. The summed E-state index contributed by atoms with van der Waals surface area (Å²) in [5.41, 5.74) is -0.964. The first-order valence-corrected chi connectivity index (χ1v) is 20.1. The first-order chi connectivity index (χ1) is 29.4. The van der Waals surface area contributed by atoms with Crippen LogP contribution in [0.4, 0.5) is 34.6 Å². The monoisotopic (exact) mass is 860 g/mol. The molecule has 4 N–H and O–H groups in total. The quantitative estimate of drug-likeness (QED) is 0.119. The number of alkyl halides is 3. The van der Waals surface area contributed by atoms with Crippen molar-refractivity contribution in [2.45, 2.75) is 63.7 Å². The van der Waals surface area contributed by atoms with E-state index in [9.17, 15) is 46.7 Å². The van der Waals surface area contributed by atoms with Crippen LogP contribution in [0.5, 0.6) is 0 Å². The zero-order valence-corrected chi connectivity index (χ0v) is 33.9. The molecule has 2 fully saturated rings. The van der Waals surface area contributed by atoms with Gasteiger partial charge in [-0.25, -0.2) is 4.39 Å². The minimum absolute atomic E-state index is 0.00628. The Labute approximate surface area is 352 Å². The van der Waals surface area contributed by atoms with Crippen molar-refractivity contribution in [3.63, 3.8) is 0 Å². The minimum Gasteiger partial charge on any atom is -0.384 e. The number of aromatic nitrogens is 1. The highest BCUT2D eigenvalue weighted by Crippen LogP contribution is 2.38. The molecule has 7 rings (SSSR count). The van der Waals surface area contributed by atoms with Crippen LogP contribution in [-0.4, -0.2) is 107 Å². The summed E-state index contributed by atoms with van der Waals surface area (Å²) in [6.45, 7) is 7.43. The van der Waals surface area contributed by atoms with Crippen molar-refractivity contribution in [3.8, 4) is 0 Å². The Kier molecular flexibility index (Phi) is 12.1. The average molecular weight is 861 g/mol. The number of halogens is 4. The summed E-state index contributed by atoms with van der Waals surface area (Å²) in [5.74, 6) is -4.35. The van der Waals surface area contributed by atoms with Crippen LogP contribution in [0.15, 0.2) is 65.7 Å². The highest BCUT2D eigenvalue weighted by atomic mass is 19.4. The number of carbonyl (C=O) groups excluding carboxylic acids is 6. The number of rotatable bonds is 11. The number of nitrogens with zero attached hydrogens (tertiary/aromatic N) is 4. The molecule has 1 aromatic heterocycles. The SMILES string of the molecule is C=C1CN(c2cc(F)c(C3=CCN(C(=O)CCCCNc4cccc5c4C(=O)N(C4CCC(=O)NC4=O)C5=O)CC3)cc2NC(=O)c2c[nH]c(=O)cc2C(F)(F)F)C[C@H](C)N1C. The van der Waals surface area contributed by atoms with Crippen LogP contribution in [-0.2, 0) is 20.6 Å². The molecule has 0 spiro atoms. The van der Waals surface area contributed by atoms with E-state index in [1.165, 1.54) is 18.2 Å². The zero-order chi connectivity index (χ0) is 44.6. The molecule has 4 aliphatic heterocycles. The molecule has 2 saturated heterocycles. The number of hydrogen-bond acceptors (Lipinski definition) is 10. The van der Waals surface area contributed by atoms with Crippen LogP contribution in [0.3, 0.4) is 0 Å². The summed E-state index contributed by atoms with van der Waals surface area (Å²) in [5, 5.41) is 7.88. The summed E-state index contributed by atoms with van der Waals surface area (Å²) in [4.78, 5) is 97.4. The van der Waals surface area contributed by atoms with Gasteiger partial charge < -0.3 is 30.3 Å². The first kappa shape index (κ1) is 43.3. The lowest BCUT2D eigenvalue weighted by atomic mass is 9.96. The summed E-state index contributed by atoms with van der Waals surface area (Å²) in [6.07, 6.45) is -1.13. The van der Waals surface area contributed by atoms with Crippen LogP contribution in [0.2, 0.25) is 0 Å². The fraction of sp³-hybridized carbons (Fsp3) is 0.372. The average Bonchev–Trinajstić information content (AvgIpc) is 3.48. The zero-order valence-electron chi connectivity index (χ0n) is 33.9. The second-order valence-corrected chi connectivity index (χ2v) is 15.7. The molecule has 62 heavy (non-hydrogen) atoms. The number of carbonyl (C=O) groups is 6. The number of piperidine rings is 1. The van der Waals surface area contributed by atoms with Gasteiger partial charge in [-0.15, -0.1) is 0 Å². The van der Waals surface area contributed by atoms with Gasteiger partial charge >= 0.3 is 6.18 Å². The van der Waals surface area contributed by atoms with E-state index in [1.807, 2.05) is 18.9 Å². The lowest BCUT2D eigenvalue weighted by Crippen LogP contribution is -2.54. The molecule has 5 heterocycles. The van der Waals surface area contributed by atoms with Gasteiger partial charge in [0.2, 0.25) is 23.3 Å². The van der Waals surface area contributed by atoms with E-state index >= 15 is 4.39 Å². The summed E-state index contributed by atoms with van der Waals surface area (Å²) in [7, 11) is 1.86. The summed E-state index contributed by atoms with van der Waals surface area (Å²) in [6, 6.07) is 6.52. The molecule has 15 nitrogen and oxygen atoms in total. The maximum absolute atomic E-state index is 16.1. The minimum atomic E-state index is -5.01. The number of pyridine rings is 1. The van der Waals surface area contributed by atoms with Gasteiger partial charge in [0.15, 0.2) is 0 Å². The van der Waals surface area contributed by atoms with Crippen molar-refractivity contribution in [2.24, 2.45) is 0 Å². The van der Waals surface area contributed by atoms with Gasteiger partial charge in [-0.05, 0) is 62.4 Å². The predicted molar refractivity (Wildman–Crippen MR) is 220 cm³/mol. The number of likely N-dealkylation sites (N-methyl/N-ethyl adjacent to an activating group) is 1. The Hall–Kier alpha value is -6.79. The largest absolute Gasteiger partial charge is 0.417 e. The second kappa shape index (κ2) is 17.3. The third-order valence-electron chi connectivity index (χ3n) is 11.7. The van der Waals surface area contributed by atoms with Gasteiger partial charge in [-0.1, -0.05) is 18.7 Å². The Bertz CT molecular complexity index is 2480. The number of benzene rings is 2. The topological polar surface area (TPSA) is 184 Å². The second-order valence-electron chi connectivity index (χ2n) is 15.7. The van der Waals surface area contributed by atoms with E-state index in [2.05, 4.69) is 27.5 Å². The van der Waals surface area contributed by atoms with Crippen LogP contribution in [0.25, 0.3) is 5.57 Å².